The topological polar surface area (TPSA) is 30.5 Å². The first-order valence-electron chi connectivity index (χ1n) is 6.42. The second kappa shape index (κ2) is 6.42. The molecule has 0 amide bonds. The van der Waals surface area contributed by atoms with E-state index in [0.717, 1.165) is 11.3 Å². The van der Waals surface area contributed by atoms with Gasteiger partial charge in [0.1, 0.15) is 18.5 Å². The molecule has 1 aromatic rings. The van der Waals surface area contributed by atoms with Gasteiger partial charge < -0.3 is 14.8 Å². The van der Waals surface area contributed by atoms with Gasteiger partial charge in [0.25, 0.3) is 0 Å². The van der Waals surface area contributed by atoms with Crippen LogP contribution in [0.3, 0.4) is 0 Å². The maximum Gasteiger partial charge on any atom is 0.120 e. The van der Waals surface area contributed by atoms with Crippen LogP contribution >= 0.6 is 0 Å². The highest BCUT2D eigenvalue weighted by molar-refractivity contribution is 5.38. The van der Waals surface area contributed by atoms with Crippen molar-refractivity contribution in [1.29, 1.82) is 0 Å². The fourth-order valence-corrected chi connectivity index (χ4v) is 2.08. The molecular formula is C16H19NO2. The first kappa shape index (κ1) is 13.7. The summed E-state index contributed by atoms with van der Waals surface area (Å²) < 4.78 is 11.5. The van der Waals surface area contributed by atoms with E-state index in [2.05, 4.69) is 24.7 Å². The minimum atomic E-state index is -0.0248. The zero-order valence-corrected chi connectivity index (χ0v) is 11.1. The van der Waals surface area contributed by atoms with Crippen LogP contribution in [0.25, 0.3) is 0 Å². The zero-order chi connectivity index (χ0) is 13.7. The summed E-state index contributed by atoms with van der Waals surface area (Å²) in [7, 11) is 0. The lowest BCUT2D eigenvalue weighted by atomic mass is 10.1. The second-order valence-electron chi connectivity index (χ2n) is 4.68. The van der Waals surface area contributed by atoms with Crippen LogP contribution in [0.15, 0.2) is 36.9 Å². The molecule has 0 aliphatic carbocycles. The van der Waals surface area contributed by atoms with E-state index in [4.69, 9.17) is 15.9 Å². The molecule has 0 spiro atoms. The maximum atomic E-state index is 5.77. The van der Waals surface area contributed by atoms with Crippen LogP contribution in [0.2, 0.25) is 0 Å². The fraction of sp³-hybridized carbons (Fsp3) is 0.375. The molecule has 1 aromatic carbocycles. The van der Waals surface area contributed by atoms with Crippen LogP contribution in [0.1, 0.15) is 12.5 Å². The molecule has 1 aliphatic rings. The minimum absolute atomic E-state index is 0.0248. The van der Waals surface area contributed by atoms with Crippen LogP contribution in [0.4, 0.5) is 0 Å². The Kier molecular flexibility index (Phi) is 4.62. The summed E-state index contributed by atoms with van der Waals surface area (Å²) in [5.41, 5.74) is 0.814. The molecule has 0 saturated carbocycles. The quantitative estimate of drug-likeness (QED) is 0.661. The van der Waals surface area contributed by atoms with Gasteiger partial charge in [-0.2, -0.15) is 0 Å². The Morgan fingerprint density at radius 1 is 1.63 bits per heavy atom. The van der Waals surface area contributed by atoms with E-state index in [0.29, 0.717) is 19.3 Å². The van der Waals surface area contributed by atoms with Crippen LogP contribution in [-0.2, 0) is 4.74 Å². The highest BCUT2D eigenvalue weighted by Crippen LogP contribution is 2.15. The van der Waals surface area contributed by atoms with Crippen LogP contribution < -0.4 is 10.1 Å². The maximum absolute atomic E-state index is 5.77. The molecule has 1 N–H and O–H groups in total. The molecule has 1 aliphatic heterocycles. The second-order valence-corrected chi connectivity index (χ2v) is 4.68. The summed E-state index contributed by atoms with van der Waals surface area (Å²) >= 11 is 0. The molecule has 100 valence electrons. The lowest BCUT2D eigenvalue weighted by molar-refractivity contribution is -0.0344. The highest BCUT2D eigenvalue weighted by atomic mass is 16.5. The Labute approximate surface area is 114 Å². The van der Waals surface area contributed by atoms with E-state index in [1.807, 2.05) is 30.3 Å². The van der Waals surface area contributed by atoms with Gasteiger partial charge in [0.15, 0.2) is 0 Å². The molecular weight excluding hydrogens is 238 g/mol. The van der Waals surface area contributed by atoms with Gasteiger partial charge >= 0.3 is 0 Å². The predicted octanol–water partition coefficient (Wildman–Crippen LogP) is 1.98. The van der Waals surface area contributed by atoms with Crippen LogP contribution in [0.5, 0.6) is 5.75 Å². The van der Waals surface area contributed by atoms with Gasteiger partial charge in [-0.05, 0) is 25.1 Å². The smallest absolute Gasteiger partial charge is 0.120 e. The summed E-state index contributed by atoms with van der Waals surface area (Å²) in [6.45, 7) is 7.07. The SMILES string of the molecule is C#Cc1cccc(OC[C@H]2OC[C@@H](C)N[C@H]2C=C)c1. The Morgan fingerprint density at radius 2 is 2.47 bits per heavy atom. The Balaban J connectivity index is 1.94. The molecule has 1 fully saturated rings. The summed E-state index contributed by atoms with van der Waals surface area (Å²) in [6.07, 6.45) is 7.20. The van der Waals surface area contributed by atoms with Crippen LogP contribution in [-0.4, -0.2) is 31.4 Å². The molecule has 0 unspecified atom stereocenters. The highest BCUT2D eigenvalue weighted by Gasteiger charge is 2.27. The van der Waals surface area contributed by atoms with Gasteiger partial charge in [0.05, 0.1) is 12.6 Å². The molecule has 0 bridgehead atoms. The number of morpholine rings is 1. The van der Waals surface area contributed by atoms with Crippen molar-refractivity contribution in [3.63, 3.8) is 0 Å². The minimum Gasteiger partial charge on any atom is -0.491 e. The van der Waals surface area contributed by atoms with Crippen molar-refractivity contribution in [2.24, 2.45) is 0 Å². The number of terminal acetylenes is 1. The molecule has 1 heterocycles. The number of benzene rings is 1. The molecule has 3 nitrogen and oxygen atoms in total. The predicted molar refractivity (Wildman–Crippen MR) is 76.2 cm³/mol. The van der Waals surface area contributed by atoms with Crippen molar-refractivity contribution >= 4 is 0 Å². The van der Waals surface area contributed by atoms with Crippen molar-refractivity contribution in [2.45, 2.75) is 25.1 Å². The number of hydrogen-bond donors (Lipinski definition) is 1. The van der Waals surface area contributed by atoms with E-state index in [9.17, 15) is 0 Å². The van der Waals surface area contributed by atoms with E-state index < -0.39 is 0 Å². The molecule has 1 saturated heterocycles. The zero-order valence-electron chi connectivity index (χ0n) is 11.1. The third-order valence-electron chi connectivity index (χ3n) is 3.11. The average molecular weight is 257 g/mol. The van der Waals surface area contributed by atoms with Gasteiger partial charge in [0, 0.05) is 11.6 Å². The molecule has 3 heteroatoms. The van der Waals surface area contributed by atoms with Crippen molar-refractivity contribution in [1.82, 2.24) is 5.32 Å². The van der Waals surface area contributed by atoms with Crippen molar-refractivity contribution in [2.75, 3.05) is 13.2 Å². The first-order valence-corrected chi connectivity index (χ1v) is 6.42. The van der Waals surface area contributed by atoms with Crippen molar-refractivity contribution in [3.8, 4) is 18.1 Å². The van der Waals surface area contributed by atoms with Gasteiger partial charge in [-0.1, -0.05) is 18.1 Å². The van der Waals surface area contributed by atoms with E-state index in [1.54, 1.807) is 0 Å². The van der Waals surface area contributed by atoms with Gasteiger partial charge in [0.2, 0.25) is 0 Å². The van der Waals surface area contributed by atoms with Crippen molar-refractivity contribution < 1.29 is 9.47 Å². The third-order valence-corrected chi connectivity index (χ3v) is 3.11. The molecule has 3 atom stereocenters. The van der Waals surface area contributed by atoms with Gasteiger partial charge in [-0.25, -0.2) is 0 Å². The fourth-order valence-electron chi connectivity index (χ4n) is 2.08. The van der Waals surface area contributed by atoms with E-state index in [-0.39, 0.29) is 12.1 Å². The third kappa shape index (κ3) is 3.60. The van der Waals surface area contributed by atoms with Gasteiger partial charge in [-0.3, -0.25) is 0 Å². The Hall–Kier alpha value is -1.76. The number of ether oxygens (including phenoxy) is 2. The number of hydrogen-bond acceptors (Lipinski definition) is 3. The lowest BCUT2D eigenvalue weighted by Gasteiger charge is -2.34. The standard InChI is InChI=1S/C16H19NO2/c1-4-13-7-6-8-14(9-13)18-11-16-15(5-2)17-12(3)10-19-16/h1,5-9,12,15-17H,2,10-11H2,3H3/t12-,15+,16-/m1/s1. The molecule has 0 aromatic heterocycles. The van der Waals surface area contributed by atoms with E-state index >= 15 is 0 Å². The summed E-state index contributed by atoms with van der Waals surface area (Å²) in [4.78, 5) is 0. The molecule has 2 rings (SSSR count). The average Bonchev–Trinajstić information content (AvgIpc) is 2.46. The van der Waals surface area contributed by atoms with Gasteiger partial charge in [-0.15, -0.1) is 13.0 Å². The summed E-state index contributed by atoms with van der Waals surface area (Å²) in [6, 6.07) is 7.95. The monoisotopic (exact) mass is 257 g/mol. The normalized spacial score (nSPS) is 26.4. The Bertz CT molecular complexity index is 478. The van der Waals surface area contributed by atoms with E-state index in [1.165, 1.54) is 0 Å². The summed E-state index contributed by atoms with van der Waals surface area (Å²) in [5.74, 6) is 3.36. The lowest BCUT2D eigenvalue weighted by Crippen LogP contribution is -2.53. The largest absolute Gasteiger partial charge is 0.491 e. The number of rotatable bonds is 4. The first-order chi connectivity index (χ1) is 9.22. The molecule has 19 heavy (non-hydrogen) atoms. The van der Waals surface area contributed by atoms with Crippen LogP contribution in [0, 0.1) is 12.3 Å². The van der Waals surface area contributed by atoms with Crippen molar-refractivity contribution in [3.05, 3.63) is 42.5 Å². The molecule has 0 radical (unpaired) electrons. The number of nitrogens with one attached hydrogen (secondary N) is 1. The summed E-state index contributed by atoms with van der Waals surface area (Å²) in [5, 5.41) is 3.42. The Morgan fingerprint density at radius 3 is 3.21 bits per heavy atom.